The Labute approximate surface area is 112 Å². The van der Waals surface area contributed by atoms with Crippen molar-refractivity contribution in [3.05, 3.63) is 71.2 Å². The third-order valence-electron chi connectivity index (χ3n) is 3.25. The molecule has 0 bridgehead atoms. The van der Waals surface area contributed by atoms with Crippen LogP contribution in [0, 0.1) is 6.92 Å². The molecule has 18 heavy (non-hydrogen) atoms. The van der Waals surface area contributed by atoms with Crippen LogP contribution in [0.3, 0.4) is 0 Å². The first-order valence-corrected chi connectivity index (χ1v) is 6.37. The van der Waals surface area contributed by atoms with Gasteiger partial charge in [0.05, 0.1) is 0 Å². The molecule has 3 aromatic rings. The number of benzene rings is 3. The molecule has 0 radical (unpaired) electrons. The lowest BCUT2D eigenvalue weighted by Crippen LogP contribution is -1.83. The zero-order valence-electron chi connectivity index (χ0n) is 10.2. The molecule has 0 fully saturated rings. The highest BCUT2D eigenvalue weighted by Gasteiger charge is 2.03. The van der Waals surface area contributed by atoms with E-state index in [0.29, 0.717) is 0 Å². The minimum absolute atomic E-state index is 0.789. The van der Waals surface area contributed by atoms with Crippen LogP contribution in [-0.4, -0.2) is 0 Å². The average Bonchev–Trinajstić information content (AvgIpc) is 2.38. The molecule has 0 heterocycles. The fraction of sp³-hybridized carbons (Fsp3) is 0.0588. The van der Waals surface area contributed by atoms with E-state index in [4.69, 9.17) is 11.6 Å². The number of hydrogen-bond donors (Lipinski definition) is 0. The highest BCUT2D eigenvalue weighted by Crippen LogP contribution is 2.28. The minimum atomic E-state index is 0.789. The van der Waals surface area contributed by atoms with Crippen LogP contribution in [-0.2, 0) is 0 Å². The molecule has 0 aliphatic rings. The van der Waals surface area contributed by atoms with Gasteiger partial charge in [-0.05, 0) is 52.6 Å². The highest BCUT2D eigenvalue weighted by atomic mass is 35.5. The third kappa shape index (κ3) is 2.00. The van der Waals surface area contributed by atoms with Crippen molar-refractivity contribution in [2.24, 2.45) is 0 Å². The van der Waals surface area contributed by atoms with Crippen molar-refractivity contribution in [2.45, 2.75) is 6.92 Å². The standard InChI is InChI=1S/C17H13Cl/c1-12-10-16(18)8-9-17(12)15-7-6-13-4-2-3-5-14(13)11-15/h2-11H,1H3. The second kappa shape index (κ2) is 4.47. The number of rotatable bonds is 1. The van der Waals surface area contributed by atoms with Crippen molar-refractivity contribution < 1.29 is 0 Å². The predicted molar refractivity (Wildman–Crippen MR) is 79.1 cm³/mol. The highest BCUT2D eigenvalue weighted by molar-refractivity contribution is 6.30. The molecular weight excluding hydrogens is 240 g/mol. The lowest BCUT2D eigenvalue weighted by Gasteiger charge is -2.08. The van der Waals surface area contributed by atoms with Gasteiger partial charge in [-0.25, -0.2) is 0 Å². The van der Waals surface area contributed by atoms with Crippen molar-refractivity contribution >= 4 is 22.4 Å². The van der Waals surface area contributed by atoms with Gasteiger partial charge in [0.1, 0.15) is 0 Å². The Morgan fingerprint density at radius 2 is 1.56 bits per heavy atom. The summed E-state index contributed by atoms with van der Waals surface area (Å²) in [5.74, 6) is 0. The second-order valence-electron chi connectivity index (χ2n) is 4.52. The van der Waals surface area contributed by atoms with Gasteiger partial charge in [-0.15, -0.1) is 0 Å². The Kier molecular flexibility index (Phi) is 2.81. The molecule has 0 unspecified atom stereocenters. The Morgan fingerprint density at radius 3 is 2.33 bits per heavy atom. The van der Waals surface area contributed by atoms with Crippen LogP contribution in [0.4, 0.5) is 0 Å². The predicted octanol–water partition coefficient (Wildman–Crippen LogP) is 5.47. The van der Waals surface area contributed by atoms with E-state index in [1.165, 1.54) is 27.5 Å². The normalized spacial score (nSPS) is 10.8. The van der Waals surface area contributed by atoms with E-state index in [9.17, 15) is 0 Å². The van der Waals surface area contributed by atoms with Gasteiger partial charge in [-0.1, -0.05) is 54.1 Å². The summed E-state index contributed by atoms with van der Waals surface area (Å²) < 4.78 is 0. The van der Waals surface area contributed by atoms with Crippen molar-refractivity contribution in [1.82, 2.24) is 0 Å². The molecule has 3 rings (SSSR count). The summed E-state index contributed by atoms with van der Waals surface area (Å²) in [7, 11) is 0. The summed E-state index contributed by atoms with van der Waals surface area (Å²) in [5.41, 5.74) is 3.69. The van der Waals surface area contributed by atoms with E-state index in [2.05, 4.69) is 55.5 Å². The van der Waals surface area contributed by atoms with Crippen LogP contribution >= 0.6 is 11.6 Å². The van der Waals surface area contributed by atoms with Crippen LogP contribution in [0.15, 0.2) is 60.7 Å². The maximum absolute atomic E-state index is 6.00. The van der Waals surface area contributed by atoms with Crippen molar-refractivity contribution in [1.29, 1.82) is 0 Å². The molecule has 0 saturated heterocycles. The first-order chi connectivity index (χ1) is 8.74. The van der Waals surface area contributed by atoms with Crippen LogP contribution in [0.25, 0.3) is 21.9 Å². The number of hydrogen-bond acceptors (Lipinski definition) is 0. The number of aryl methyl sites for hydroxylation is 1. The van der Waals surface area contributed by atoms with Gasteiger partial charge < -0.3 is 0 Å². The molecule has 0 nitrogen and oxygen atoms in total. The van der Waals surface area contributed by atoms with Crippen molar-refractivity contribution in [3.63, 3.8) is 0 Å². The third-order valence-corrected chi connectivity index (χ3v) is 3.48. The van der Waals surface area contributed by atoms with Gasteiger partial charge >= 0.3 is 0 Å². The maximum Gasteiger partial charge on any atom is 0.0409 e. The molecule has 0 aliphatic carbocycles. The average molecular weight is 253 g/mol. The smallest absolute Gasteiger partial charge is 0.0409 e. The first-order valence-electron chi connectivity index (χ1n) is 5.99. The fourth-order valence-electron chi connectivity index (χ4n) is 2.31. The van der Waals surface area contributed by atoms with Gasteiger partial charge in [0.15, 0.2) is 0 Å². The second-order valence-corrected chi connectivity index (χ2v) is 4.96. The van der Waals surface area contributed by atoms with Gasteiger partial charge in [0, 0.05) is 5.02 Å². The quantitative estimate of drug-likeness (QED) is 0.539. The Hall–Kier alpha value is -1.79. The van der Waals surface area contributed by atoms with E-state index in [0.717, 1.165) is 5.02 Å². The molecule has 0 aromatic heterocycles. The maximum atomic E-state index is 6.00. The van der Waals surface area contributed by atoms with E-state index in [1.807, 2.05) is 12.1 Å². The van der Waals surface area contributed by atoms with Gasteiger partial charge in [0.2, 0.25) is 0 Å². The van der Waals surface area contributed by atoms with Crippen molar-refractivity contribution in [2.75, 3.05) is 0 Å². The zero-order chi connectivity index (χ0) is 12.5. The summed E-state index contributed by atoms with van der Waals surface area (Å²) in [5, 5.41) is 3.33. The van der Waals surface area contributed by atoms with Crippen LogP contribution < -0.4 is 0 Å². The molecule has 1 heteroatoms. The van der Waals surface area contributed by atoms with Crippen LogP contribution in [0.1, 0.15) is 5.56 Å². The van der Waals surface area contributed by atoms with E-state index in [1.54, 1.807) is 0 Å². The molecule has 0 amide bonds. The zero-order valence-corrected chi connectivity index (χ0v) is 10.9. The molecule has 0 atom stereocenters. The molecule has 0 N–H and O–H groups in total. The Balaban J connectivity index is 2.19. The van der Waals surface area contributed by atoms with Crippen LogP contribution in [0.2, 0.25) is 5.02 Å². The lowest BCUT2D eigenvalue weighted by molar-refractivity contribution is 1.46. The van der Waals surface area contributed by atoms with E-state index < -0.39 is 0 Å². The summed E-state index contributed by atoms with van der Waals surface area (Å²) in [6, 6.07) is 21.0. The first kappa shape index (κ1) is 11.3. The SMILES string of the molecule is Cc1cc(Cl)ccc1-c1ccc2ccccc2c1. The molecule has 0 saturated carbocycles. The summed E-state index contributed by atoms with van der Waals surface area (Å²) in [4.78, 5) is 0. The summed E-state index contributed by atoms with van der Waals surface area (Å²) >= 11 is 6.00. The van der Waals surface area contributed by atoms with Gasteiger partial charge in [-0.2, -0.15) is 0 Å². The summed E-state index contributed by atoms with van der Waals surface area (Å²) in [6.07, 6.45) is 0. The topological polar surface area (TPSA) is 0 Å². The minimum Gasteiger partial charge on any atom is -0.0843 e. The Morgan fingerprint density at radius 1 is 0.778 bits per heavy atom. The van der Waals surface area contributed by atoms with Gasteiger partial charge in [-0.3, -0.25) is 0 Å². The molecule has 88 valence electrons. The summed E-state index contributed by atoms with van der Waals surface area (Å²) in [6.45, 7) is 2.09. The van der Waals surface area contributed by atoms with Gasteiger partial charge in [0.25, 0.3) is 0 Å². The lowest BCUT2D eigenvalue weighted by atomic mass is 9.98. The molecule has 3 aromatic carbocycles. The largest absolute Gasteiger partial charge is 0.0843 e. The Bertz CT molecular complexity index is 714. The molecule has 0 spiro atoms. The monoisotopic (exact) mass is 252 g/mol. The van der Waals surface area contributed by atoms with E-state index >= 15 is 0 Å². The fourth-order valence-corrected chi connectivity index (χ4v) is 2.53. The van der Waals surface area contributed by atoms with Crippen molar-refractivity contribution in [3.8, 4) is 11.1 Å². The number of fused-ring (bicyclic) bond motifs is 1. The van der Waals surface area contributed by atoms with E-state index in [-0.39, 0.29) is 0 Å². The molecular formula is C17H13Cl. The molecule has 0 aliphatic heterocycles. The number of halogens is 1. The van der Waals surface area contributed by atoms with Crippen LogP contribution in [0.5, 0.6) is 0 Å².